The fourth-order valence-electron chi connectivity index (χ4n) is 3.17. The van der Waals surface area contributed by atoms with E-state index in [1.807, 2.05) is 19.9 Å². The predicted octanol–water partition coefficient (Wildman–Crippen LogP) is 3.00. The highest BCUT2D eigenvalue weighted by molar-refractivity contribution is 7.93. The van der Waals surface area contributed by atoms with E-state index in [0.29, 0.717) is 41.7 Å². The van der Waals surface area contributed by atoms with E-state index >= 15 is 0 Å². The molecule has 31 heavy (non-hydrogen) atoms. The maximum atomic E-state index is 12.9. The van der Waals surface area contributed by atoms with Gasteiger partial charge in [0.15, 0.2) is 0 Å². The van der Waals surface area contributed by atoms with Gasteiger partial charge >= 0.3 is 11.8 Å². The third kappa shape index (κ3) is 4.48. The lowest BCUT2D eigenvalue weighted by molar-refractivity contribution is 0.0272. The highest BCUT2D eigenvalue weighted by atomic mass is 32.2. The summed E-state index contributed by atoms with van der Waals surface area (Å²) in [6, 6.07) is 6.88. The predicted molar refractivity (Wildman–Crippen MR) is 116 cm³/mol. The molecule has 4 rings (SSSR count). The third-order valence-corrected chi connectivity index (χ3v) is 7.73. The molecule has 0 unspecified atom stereocenters. The number of amides is 1. The SMILES string of the molecule is Cc1ccc(NS(=O)(=O)c2cc(-c3noc(C(=O)N4CCOCC4)n3)sc2C)cc1C. The number of nitrogens with zero attached hydrogens (tertiary/aromatic N) is 3. The summed E-state index contributed by atoms with van der Waals surface area (Å²) in [5.41, 5.74) is 2.57. The summed E-state index contributed by atoms with van der Waals surface area (Å²) in [4.78, 5) is 19.5. The zero-order chi connectivity index (χ0) is 22.2. The van der Waals surface area contributed by atoms with Crippen LogP contribution < -0.4 is 4.72 Å². The zero-order valence-corrected chi connectivity index (χ0v) is 19.0. The molecule has 1 aromatic carbocycles. The highest BCUT2D eigenvalue weighted by Crippen LogP contribution is 2.33. The van der Waals surface area contributed by atoms with Gasteiger partial charge in [0, 0.05) is 23.7 Å². The Balaban J connectivity index is 1.56. The van der Waals surface area contributed by atoms with Gasteiger partial charge in [-0.2, -0.15) is 4.98 Å². The molecule has 1 saturated heterocycles. The number of hydrogen-bond donors (Lipinski definition) is 1. The number of rotatable bonds is 5. The lowest BCUT2D eigenvalue weighted by atomic mass is 10.1. The lowest BCUT2D eigenvalue weighted by Crippen LogP contribution is -2.40. The van der Waals surface area contributed by atoms with Crippen LogP contribution in [0.4, 0.5) is 5.69 Å². The third-order valence-electron chi connectivity index (χ3n) is 5.05. The Morgan fingerprint density at radius 3 is 2.58 bits per heavy atom. The van der Waals surface area contributed by atoms with Gasteiger partial charge in [-0.15, -0.1) is 11.3 Å². The van der Waals surface area contributed by atoms with Crippen molar-refractivity contribution in [3.05, 3.63) is 46.2 Å². The number of ether oxygens (including phenoxy) is 1. The van der Waals surface area contributed by atoms with Crippen molar-refractivity contribution in [1.29, 1.82) is 0 Å². The molecule has 1 aliphatic rings. The molecular formula is C20H22N4O5S2. The molecule has 1 N–H and O–H groups in total. The quantitative estimate of drug-likeness (QED) is 0.620. The molecule has 3 aromatic rings. The normalized spacial score (nSPS) is 14.6. The van der Waals surface area contributed by atoms with E-state index < -0.39 is 10.0 Å². The molecular weight excluding hydrogens is 440 g/mol. The molecule has 9 nitrogen and oxygen atoms in total. The van der Waals surface area contributed by atoms with Crippen molar-refractivity contribution in [3.8, 4) is 10.7 Å². The summed E-state index contributed by atoms with van der Waals surface area (Å²) >= 11 is 1.22. The van der Waals surface area contributed by atoms with Gasteiger partial charge in [-0.3, -0.25) is 9.52 Å². The summed E-state index contributed by atoms with van der Waals surface area (Å²) in [6.07, 6.45) is 0. The first-order chi connectivity index (χ1) is 14.7. The average Bonchev–Trinajstić information content (AvgIpc) is 3.38. The molecule has 0 bridgehead atoms. The molecule has 1 aliphatic heterocycles. The van der Waals surface area contributed by atoms with E-state index in [9.17, 15) is 13.2 Å². The first-order valence-corrected chi connectivity index (χ1v) is 12.0. The fourth-order valence-corrected chi connectivity index (χ4v) is 5.74. The number of thiophene rings is 1. The minimum Gasteiger partial charge on any atom is -0.378 e. The molecule has 0 aliphatic carbocycles. The van der Waals surface area contributed by atoms with Gasteiger partial charge in [0.25, 0.3) is 10.0 Å². The van der Waals surface area contributed by atoms with Crippen LogP contribution in [0.25, 0.3) is 10.7 Å². The first kappa shape index (κ1) is 21.5. The van der Waals surface area contributed by atoms with Crippen LogP contribution >= 0.6 is 11.3 Å². The minimum atomic E-state index is -3.80. The lowest BCUT2D eigenvalue weighted by Gasteiger charge is -2.25. The molecule has 3 heterocycles. The monoisotopic (exact) mass is 462 g/mol. The van der Waals surface area contributed by atoms with Crippen molar-refractivity contribution in [2.24, 2.45) is 0 Å². The van der Waals surface area contributed by atoms with Crippen molar-refractivity contribution in [1.82, 2.24) is 15.0 Å². The largest absolute Gasteiger partial charge is 0.378 e. The Bertz CT molecular complexity index is 1230. The van der Waals surface area contributed by atoms with E-state index in [0.717, 1.165) is 11.1 Å². The summed E-state index contributed by atoms with van der Waals surface area (Å²) in [7, 11) is -3.80. The molecule has 0 radical (unpaired) electrons. The second-order valence-electron chi connectivity index (χ2n) is 7.26. The van der Waals surface area contributed by atoms with Crippen LogP contribution in [-0.2, 0) is 14.8 Å². The van der Waals surface area contributed by atoms with Gasteiger partial charge in [0.2, 0.25) is 5.82 Å². The number of carbonyl (C=O) groups excluding carboxylic acids is 1. The van der Waals surface area contributed by atoms with Crippen LogP contribution in [0.5, 0.6) is 0 Å². The molecule has 0 saturated carbocycles. The van der Waals surface area contributed by atoms with Gasteiger partial charge in [-0.25, -0.2) is 8.42 Å². The maximum absolute atomic E-state index is 12.9. The number of aromatic nitrogens is 2. The van der Waals surface area contributed by atoms with E-state index in [2.05, 4.69) is 14.9 Å². The molecule has 2 aromatic heterocycles. The standard InChI is InChI=1S/C20H22N4O5S2/c1-12-4-5-15(10-13(12)2)23-31(26,27)17-11-16(30-14(17)3)18-21-19(29-22-18)20(25)24-6-8-28-9-7-24/h4-5,10-11,23H,6-9H2,1-3H3. The van der Waals surface area contributed by atoms with E-state index in [-0.39, 0.29) is 22.5 Å². The number of carbonyl (C=O) groups is 1. The first-order valence-electron chi connectivity index (χ1n) is 9.66. The number of morpholine rings is 1. The van der Waals surface area contributed by atoms with Gasteiger partial charge in [-0.05, 0) is 50.1 Å². The summed E-state index contributed by atoms with van der Waals surface area (Å²) < 4.78 is 38.9. The zero-order valence-electron chi connectivity index (χ0n) is 17.3. The van der Waals surface area contributed by atoms with Gasteiger partial charge in [0.05, 0.1) is 18.1 Å². The number of benzene rings is 1. The van der Waals surface area contributed by atoms with Crippen LogP contribution in [0.3, 0.4) is 0 Å². The topological polar surface area (TPSA) is 115 Å². The molecule has 1 fully saturated rings. The minimum absolute atomic E-state index is 0.124. The van der Waals surface area contributed by atoms with Crippen molar-refractivity contribution in [3.63, 3.8) is 0 Å². The van der Waals surface area contributed by atoms with Gasteiger partial charge < -0.3 is 14.2 Å². The summed E-state index contributed by atoms with van der Waals surface area (Å²) in [6.45, 7) is 7.45. The Morgan fingerprint density at radius 2 is 1.87 bits per heavy atom. The number of anilines is 1. The molecule has 0 atom stereocenters. The van der Waals surface area contributed by atoms with Crippen LogP contribution in [0.1, 0.15) is 26.7 Å². The van der Waals surface area contributed by atoms with Crippen LogP contribution in [-0.4, -0.2) is 55.7 Å². The van der Waals surface area contributed by atoms with E-state index in [4.69, 9.17) is 9.26 Å². The van der Waals surface area contributed by atoms with Crippen LogP contribution in [0.15, 0.2) is 33.7 Å². The van der Waals surface area contributed by atoms with Crippen molar-refractivity contribution in [2.45, 2.75) is 25.7 Å². The summed E-state index contributed by atoms with van der Waals surface area (Å²) in [5.74, 6) is -0.308. The maximum Gasteiger partial charge on any atom is 0.316 e. The van der Waals surface area contributed by atoms with Gasteiger partial charge in [-0.1, -0.05) is 11.2 Å². The Labute approximate surface area is 184 Å². The van der Waals surface area contributed by atoms with Crippen molar-refractivity contribution >= 4 is 33.0 Å². The van der Waals surface area contributed by atoms with Gasteiger partial charge in [0.1, 0.15) is 4.90 Å². The Morgan fingerprint density at radius 1 is 1.13 bits per heavy atom. The molecule has 164 valence electrons. The van der Waals surface area contributed by atoms with E-state index in [1.54, 1.807) is 24.0 Å². The number of nitrogens with one attached hydrogen (secondary N) is 1. The second-order valence-corrected chi connectivity index (χ2v) is 10.2. The smallest absolute Gasteiger partial charge is 0.316 e. The number of sulfonamides is 1. The molecule has 1 amide bonds. The molecule has 11 heteroatoms. The average molecular weight is 463 g/mol. The summed E-state index contributed by atoms with van der Waals surface area (Å²) in [5, 5.41) is 3.87. The van der Waals surface area contributed by atoms with Crippen LogP contribution in [0.2, 0.25) is 0 Å². The van der Waals surface area contributed by atoms with E-state index in [1.165, 1.54) is 17.4 Å². The highest BCUT2D eigenvalue weighted by Gasteiger charge is 2.26. The van der Waals surface area contributed by atoms with Crippen molar-refractivity contribution < 1.29 is 22.5 Å². The fraction of sp³-hybridized carbons (Fsp3) is 0.350. The Kier molecular flexibility index (Phi) is 5.82. The second kappa shape index (κ2) is 8.40. The van der Waals surface area contributed by atoms with Crippen molar-refractivity contribution in [2.75, 3.05) is 31.0 Å². The number of aryl methyl sites for hydroxylation is 3. The Hall–Kier alpha value is -2.76. The number of hydrogen-bond acceptors (Lipinski definition) is 8. The molecule has 0 spiro atoms. The van der Waals surface area contributed by atoms with Crippen LogP contribution in [0, 0.1) is 20.8 Å².